The Bertz CT molecular complexity index is 675. The summed E-state index contributed by atoms with van der Waals surface area (Å²) in [5, 5.41) is 0. The minimum Gasteiger partial charge on any atom is -0.368 e. The molecular weight excluding hydrogens is 286 g/mol. The molecular formula is C20H21NO2. The number of carbonyl (C=O) groups is 1. The van der Waals surface area contributed by atoms with Gasteiger partial charge in [0.25, 0.3) is 0 Å². The average molecular weight is 307 g/mol. The van der Waals surface area contributed by atoms with Gasteiger partial charge in [-0.3, -0.25) is 4.79 Å². The molecule has 0 aliphatic carbocycles. The normalized spacial score (nSPS) is 19.7. The molecule has 3 heteroatoms. The van der Waals surface area contributed by atoms with E-state index in [9.17, 15) is 4.79 Å². The van der Waals surface area contributed by atoms with Crippen molar-refractivity contribution in [1.29, 1.82) is 0 Å². The number of rotatable bonds is 6. The van der Waals surface area contributed by atoms with Crippen LogP contribution in [0.5, 0.6) is 0 Å². The van der Waals surface area contributed by atoms with Crippen LogP contribution in [0.25, 0.3) is 6.08 Å². The Morgan fingerprint density at radius 3 is 2.35 bits per heavy atom. The predicted molar refractivity (Wildman–Crippen MR) is 91.7 cm³/mol. The molecule has 1 aliphatic rings. The number of hydrogen-bond acceptors (Lipinski definition) is 2. The molecule has 0 radical (unpaired) electrons. The number of carbonyl (C=O) groups excluding carboxylic acids is 1. The number of ether oxygens (including phenoxy) is 1. The van der Waals surface area contributed by atoms with Gasteiger partial charge in [0.05, 0.1) is 13.2 Å². The third-order valence-corrected chi connectivity index (χ3v) is 3.91. The molecule has 1 amide bonds. The van der Waals surface area contributed by atoms with Crippen molar-refractivity contribution in [1.82, 2.24) is 4.90 Å². The van der Waals surface area contributed by atoms with Crippen molar-refractivity contribution in [3.8, 4) is 0 Å². The van der Waals surface area contributed by atoms with Gasteiger partial charge < -0.3 is 9.64 Å². The van der Waals surface area contributed by atoms with Crippen molar-refractivity contribution in [3.63, 3.8) is 0 Å². The Morgan fingerprint density at radius 1 is 1.13 bits per heavy atom. The first kappa shape index (κ1) is 15.5. The smallest absolute Gasteiger partial charge is 0.246 e. The lowest BCUT2D eigenvalue weighted by Crippen LogP contribution is -2.36. The van der Waals surface area contributed by atoms with Crippen LogP contribution in [0, 0.1) is 0 Å². The van der Waals surface area contributed by atoms with Crippen LogP contribution in [0.2, 0.25) is 0 Å². The molecule has 2 aromatic carbocycles. The van der Waals surface area contributed by atoms with Crippen molar-refractivity contribution < 1.29 is 9.53 Å². The van der Waals surface area contributed by atoms with Gasteiger partial charge >= 0.3 is 0 Å². The number of nitrogens with zero attached hydrogens (tertiary/aromatic N) is 1. The maximum absolute atomic E-state index is 12.6. The van der Waals surface area contributed by atoms with Gasteiger partial charge in [-0.2, -0.15) is 0 Å². The minimum atomic E-state index is -0.189. The zero-order valence-corrected chi connectivity index (χ0v) is 13.3. The first-order valence-electron chi connectivity index (χ1n) is 7.85. The van der Waals surface area contributed by atoms with Gasteiger partial charge in [-0.25, -0.2) is 0 Å². The molecule has 0 aromatic heterocycles. The molecule has 3 nitrogen and oxygen atoms in total. The van der Waals surface area contributed by atoms with Crippen LogP contribution in [0.3, 0.4) is 0 Å². The Labute approximate surface area is 137 Å². The SMILES string of the molecule is CC1(CN(Cc2ccccc2)C(=O)C=Cc2ccccc2)CO1. The maximum Gasteiger partial charge on any atom is 0.246 e. The Balaban J connectivity index is 1.71. The summed E-state index contributed by atoms with van der Waals surface area (Å²) in [6, 6.07) is 19.9. The third kappa shape index (κ3) is 4.54. The zero-order valence-electron chi connectivity index (χ0n) is 13.3. The molecule has 1 unspecified atom stereocenters. The van der Waals surface area contributed by atoms with E-state index in [1.54, 1.807) is 6.08 Å². The fraction of sp³-hybridized carbons (Fsp3) is 0.250. The van der Waals surface area contributed by atoms with Gasteiger partial charge in [-0.15, -0.1) is 0 Å². The van der Waals surface area contributed by atoms with E-state index in [2.05, 4.69) is 0 Å². The van der Waals surface area contributed by atoms with E-state index in [1.165, 1.54) is 0 Å². The van der Waals surface area contributed by atoms with Gasteiger partial charge in [0.1, 0.15) is 5.60 Å². The molecule has 23 heavy (non-hydrogen) atoms. The molecule has 0 spiro atoms. The van der Waals surface area contributed by atoms with Gasteiger partial charge in [0.2, 0.25) is 5.91 Å². The monoisotopic (exact) mass is 307 g/mol. The highest BCUT2D eigenvalue weighted by molar-refractivity contribution is 5.91. The van der Waals surface area contributed by atoms with Crippen molar-refractivity contribution in [2.45, 2.75) is 19.1 Å². The summed E-state index contributed by atoms with van der Waals surface area (Å²) in [7, 11) is 0. The number of hydrogen-bond donors (Lipinski definition) is 0. The van der Waals surface area contributed by atoms with Crippen molar-refractivity contribution in [3.05, 3.63) is 77.9 Å². The van der Waals surface area contributed by atoms with Gasteiger partial charge in [-0.1, -0.05) is 60.7 Å². The summed E-state index contributed by atoms with van der Waals surface area (Å²) in [5.41, 5.74) is 1.96. The lowest BCUT2D eigenvalue weighted by atomic mass is 10.1. The van der Waals surface area contributed by atoms with E-state index in [4.69, 9.17) is 4.74 Å². The standard InChI is InChI=1S/C20H21NO2/c1-20(16-23-20)15-21(14-18-10-6-3-7-11-18)19(22)13-12-17-8-4-2-5-9-17/h2-13H,14-16H2,1H3. The van der Waals surface area contributed by atoms with Gasteiger partial charge in [0, 0.05) is 12.6 Å². The second kappa shape index (κ2) is 6.80. The maximum atomic E-state index is 12.6. The van der Waals surface area contributed by atoms with Crippen LogP contribution in [0.1, 0.15) is 18.1 Å². The molecule has 0 bridgehead atoms. The lowest BCUT2D eigenvalue weighted by Gasteiger charge is -2.23. The summed E-state index contributed by atoms with van der Waals surface area (Å²) in [6.07, 6.45) is 3.50. The highest BCUT2D eigenvalue weighted by Crippen LogP contribution is 2.27. The summed E-state index contributed by atoms with van der Waals surface area (Å²) >= 11 is 0. The van der Waals surface area contributed by atoms with E-state index in [-0.39, 0.29) is 11.5 Å². The third-order valence-electron chi connectivity index (χ3n) is 3.91. The van der Waals surface area contributed by atoms with Crippen molar-refractivity contribution in [2.75, 3.05) is 13.2 Å². The first-order chi connectivity index (χ1) is 11.1. The Morgan fingerprint density at radius 2 is 1.74 bits per heavy atom. The molecule has 1 fully saturated rings. The zero-order chi connectivity index (χ0) is 16.1. The van der Waals surface area contributed by atoms with Crippen LogP contribution in [0.4, 0.5) is 0 Å². The number of benzene rings is 2. The molecule has 1 saturated heterocycles. The molecule has 0 saturated carbocycles. The topological polar surface area (TPSA) is 32.8 Å². The second-order valence-electron chi connectivity index (χ2n) is 6.16. The van der Waals surface area contributed by atoms with Crippen LogP contribution >= 0.6 is 0 Å². The van der Waals surface area contributed by atoms with Gasteiger partial charge in [-0.05, 0) is 24.1 Å². The van der Waals surface area contributed by atoms with Crippen LogP contribution in [0.15, 0.2) is 66.7 Å². The van der Waals surface area contributed by atoms with Crippen molar-refractivity contribution in [2.24, 2.45) is 0 Å². The predicted octanol–water partition coefficient (Wildman–Crippen LogP) is 3.52. The first-order valence-corrected chi connectivity index (χ1v) is 7.85. The number of amides is 1. The highest BCUT2D eigenvalue weighted by Gasteiger charge is 2.41. The van der Waals surface area contributed by atoms with Crippen LogP contribution < -0.4 is 0 Å². The van der Waals surface area contributed by atoms with Crippen LogP contribution in [-0.4, -0.2) is 29.6 Å². The molecule has 1 aliphatic heterocycles. The van der Waals surface area contributed by atoms with Crippen molar-refractivity contribution >= 4 is 12.0 Å². The molecule has 2 aromatic rings. The van der Waals surface area contributed by atoms with E-state index in [0.717, 1.165) is 11.1 Å². The van der Waals surface area contributed by atoms with E-state index in [1.807, 2.05) is 78.6 Å². The molecule has 1 atom stereocenters. The van der Waals surface area contributed by atoms with E-state index >= 15 is 0 Å². The van der Waals surface area contributed by atoms with E-state index in [0.29, 0.717) is 19.7 Å². The highest BCUT2D eigenvalue weighted by atomic mass is 16.6. The summed E-state index contributed by atoms with van der Waals surface area (Å²) in [4.78, 5) is 14.5. The molecule has 0 N–H and O–H groups in total. The average Bonchev–Trinajstić information content (AvgIpc) is 3.31. The Kier molecular flexibility index (Phi) is 4.58. The van der Waals surface area contributed by atoms with E-state index < -0.39 is 0 Å². The quantitative estimate of drug-likeness (QED) is 0.604. The fourth-order valence-corrected chi connectivity index (χ4v) is 2.47. The second-order valence-corrected chi connectivity index (χ2v) is 6.16. The summed E-state index contributed by atoms with van der Waals surface area (Å²) < 4.78 is 5.46. The van der Waals surface area contributed by atoms with Crippen LogP contribution in [-0.2, 0) is 16.1 Å². The molecule has 118 valence electrons. The number of epoxide rings is 1. The largest absolute Gasteiger partial charge is 0.368 e. The summed E-state index contributed by atoms with van der Waals surface area (Å²) in [6.45, 7) is 3.96. The fourth-order valence-electron chi connectivity index (χ4n) is 2.47. The molecule has 1 heterocycles. The van der Waals surface area contributed by atoms with Gasteiger partial charge in [0.15, 0.2) is 0 Å². The molecule has 3 rings (SSSR count). The summed E-state index contributed by atoms with van der Waals surface area (Å²) in [5.74, 6) is 0.00873. The Hall–Kier alpha value is -2.39. The minimum absolute atomic E-state index is 0.00873. The lowest BCUT2D eigenvalue weighted by molar-refractivity contribution is -0.127.